The van der Waals surface area contributed by atoms with Gasteiger partial charge < -0.3 is 0 Å². The van der Waals surface area contributed by atoms with Crippen molar-refractivity contribution in [2.24, 2.45) is 17.3 Å². The molecular formula is C13H21ClO. The van der Waals surface area contributed by atoms with E-state index in [9.17, 15) is 4.79 Å². The average molecular weight is 229 g/mol. The quantitative estimate of drug-likeness (QED) is 0.517. The van der Waals surface area contributed by atoms with Gasteiger partial charge in [0.1, 0.15) is 5.78 Å². The summed E-state index contributed by atoms with van der Waals surface area (Å²) in [5.41, 5.74) is 0.366. The number of carbonyl (C=O) groups is 1. The maximum absolute atomic E-state index is 11.6. The number of hydrogen-bond donors (Lipinski definition) is 0. The second-order valence-corrected chi connectivity index (χ2v) is 5.79. The van der Waals surface area contributed by atoms with Crippen LogP contribution in [-0.2, 0) is 4.79 Å². The van der Waals surface area contributed by atoms with Crippen LogP contribution in [0.4, 0.5) is 0 Å². The van der Waals surface area contributed by atoms with Gasteiger partial charge in [-0.3, -0.25) is 4.79 Å². The monoisotopic (exact) mass is 228 g/mol. The second-order valence-electron chi connectivity index (χ2n) is 5.41. The third-order valence-corrected chi connectivity index (χ3v) is 3.56. The predicted octanol–water partition coefficient (Wildman–Crippen LogP) is 3.81. The van der Waals surface area contributed by atoms with E-state index in [1.807, 2.05) is 6.08 Å². The maximum atomic E-state index is 11.6. The molecule has 1 aliphatic rings. The fourth-order valence-electron chi connectivity index (χ4n) is 2.75. The number of Topliss-reactive ketones (excluding diaryl/α,β-unsaturated/α-hetero) is 1. The van der Waals surface area contributed by atoms with Crippen LogP contribution < -0.4 is 0 Å². The number of alkyl halides is 1. The standard InChI is InChI=1S/C13H21ClO/c1-4-10-8-13(2,3)9-11(10)7-12(15)5-6-14/h4,10-11H,1,5-9H2,2-3H3/t10-,11-/m0/s1. The van der Waals surface area contributed by atoms with Gasteiger partial charge in [0.15, 0.2) is 0 Å². The predicted molar refractivity (Wildman–Crippen MR) is 65.2 cm³/mol. The molecule has 0 aliphatic heterocycles. The van der Waals surface area contributed by atoms with Crippen LogP contribution in [0.2, 0.25) is 0 Å². The Balaban J connectivity index is 2.54. The van der Waals surface area contributed by atoms with Crippen molar-refractivity contribution >= 4 is 17.4 Å². The van der Waals surface area contributed by atoms with Crippen LogP contribution in [0.3, 0.4) is 0 Å². The minimum Gasteiger partial charge on any atom is -0.300 e. The lowest BCUT2D eigenvalue weighted by atomic mass is 9.89. The maximum Gasteiger partial charge on any atom is 0.134 e. The van der Waals surface area contributed by atoms with E-state index in [1.54, 1.807) is 0 Å². The van der Waals surface area contributed by atoms with Crippen LogP contribution in [0.15, 0.2) is 12.7 Å². The van der Waals surface area contributed by atoms with E-state index < -0.39 is 0 Å². The highest BCUT2D eigenvalue weighted by Crippen LogP contribution is 2.47. The van der Waals surface area contributed by atoms with E-state index in [4.69, 9.17) is 11.6 Å². The zero-order chi connectivity index (χ0) is 11.5. The lowest BCUT2D eigenvalue weighted by Gasteiger charge is -2.16. The Labute approximate surface area is 97.9 Å². The largest absolute Gasteiger partial charge is 0.300 e. The molecule has 0 unspecified atom stereocenters. The summed E-state index contributed by atoms with van der Waals surface area (Å²) in [4.78, 5) is 11.6. The smallest absolute Gasteiger partial charge is 0.134 e. The van der Waals surface area contributed by atoms with Gasteiger partial charge in [-0.1, -0.05) is 19.9 Å². The topological polar surface area (TPSA) is 17.1 Å². The van der Waals surface area contributed by atoms with Crippen molar-refractivity contribution in [3.05, 3.63) is 12.7 Å². The third kappa shape index (κ3) is 3.64. The lowest BCUT2D eigenvalue weighted by molar-refractivity contribution is -0.119. The zero-order valence-electron chi connectivity index (χ0n) is 9.76. The molecule has 15 heavy (non-hydrogen) atoms. The highest BCUT2D eigenvalue weighted by Gasteiger charge is 2.38. The number of rotatable bonds is 5. The van der Waals surface area contributed by atoms with Gasteiger partial charge in [0.25, 0.3) is 0 Å². The first-order valence-corrected chi connectivity index (χ1v) is 6.22. The second kappa shape index (κ2) is 5.16. The summed E-state index contributed by atoms with van der Waals surface area (Å²) in [5, 5.41) is 0. The van der Waals surface area contributed by atoms with Gasteiger partial charge in [-0.2, -0.15) is 0 Å². The third-order valence-electron chi connectivity index (χ3n) is 3.37. The van der Waals surface area contributed by atoms with Crippen molar-refractivity contribution in [1.82, 2.24) is 0 Å². The number of hydrogen-bond acceptors (Lipinski definition) is 1. The molecule has 2 heteroatoms. The van der Waals surface area contributed by atoms with Gasteiger partial charge in [0.2, 0.25) is 0 Å². The molecule has 0 heterocycles. The fraction of sp³-hybridized carbons (Fsp3) is 0.769. The summed E-state index contributed by atoms with van der Waals surface area (Å²) in [5.74, 6) is 1.76. The van der Waals surface area contributed by atoms with Crippen LogP contribution >= 0.6 is 11.6 Å². The van der Waals surface area contributed by atoms with Crippen LogP contribution in [0.25, 0.3) is 0 Å². The molecule has 1 aliphatic carbocycles. The SMILES string of the molecule is C=C[C@H]1CC(C)(C)C[C@@H]1CC(=O)CCCl. The van der Waals surface area contributed by atoms with Crippen LogP contribution in [0.5, 0.6) is 0 Å². The summed E-state index contributed by atoms with van der Waals surface area (Å²) < 4.78 is 0. The summed E-state index contributed by atoms with van der Waals surface area (Å²) in [6.07, 6.45) is 5.52. The Kier molecular flexibility index (Phi) is 4.39. The van der Waals surface area contributed by atoms with Crippen molar-refractivity contribution < 1.29 is 4.79 Å². The van der Waals surface area contributed by atoms with E-state index >= 15 is 0 Å². The summed E-state index contributed by atoms with van der Waals surface area (Å²) in [6.45, 7) is 8.42. The first kappa shape index (κ1) is 12.8. The Morgan fingerprint density at radius 3 is 2.73 bits per heavy atom. The molecule has 0 bridgehead atoms. The minimum atomic E-state index is 0.305. The molecule has 2 atom stereocenters. The molecule has 0 aromatic carbocycles. The molecule has 0 spiro atoms. The Bertz CT molecular complexity index is 245. The van der Waals surface area contributed by atoms with E-state index in [1.165, 1.54) is 0 Å². The van der Waals surface area contributed by atoms with E-state index in [2.05, 4.69) is 20.4 Å². The normalized spacial score (nSPS) is 29.0. The lowest BCUT2D eigenvalue weighted by Crippen LogP contribution is -2.12. The molecule has 1 fully saturated rings. The molecule has 1 nitrogen and oxygen atoms in total. The molecule has 0 aromatic heterocycles. The van der Waals surface area contributed by atoms with Crippen molar-refractivity contribution in [2.45, 2.75) is 39.5 Å². The fourth-order valence-corrected chi connectivity index (χ4v) is 2.96. The van der Waals surface area contributed by atoms with Gasteiger partial charge in [-0.15, -0.1) is 18.2 Å². The molecule has 0 radical (unpaired) electrons. The highest BCUT2D eigenvalue weighted by molar-refractivity contribution is 6.19. The van der Waals surface area contributed by atoms with Crippen molar-refractivity contribution in [1.29, 1.82) is 0 Å². The van der Waals surface area contributed by atoms with Crippen molar-refractivity contribution in [2.75, 3.05) is 5.88 Å². The van der Waals surface area contributed by atoms with Gasteiger partial charge in [0.05, 0.1) is 0 Å². The van der Waals surface area contributed by atoms with E-state index in [0.29, 0.717) is 41.8 Å². The van der Waals surface area contributed by atoms with Crippen molar-refractivity contribution in [3.8, 4) is 0 Å². The Morgan fingerprint density at radius 1 is 1.53 bits per heavy atom. The highest BCUT2D eigenvalue weighted by atomic mass is 35.5. The van der Waals surface area contributed by atoms with E-state index in [0.717, 1.165) is 12.8 Å². The Hall–Kier alpha value is -0.300. The average Bonchev–Trinajstić information content (AvgIpc) is 2.40. The molecule has 0 N–H and O–H groups in total. The number of ketones is 1. The summed E-state index contributed by atoms with van der Waals surface area (Å²) in [7, 11) is 0. The zero-order valence-corrected chi connectivity index (χ0v) is 10.5. The number of carbonyl (C=O) groups excluding carboxylic acids is 1. The molecular weight excluding hydrogens is 208 g/mol. The number of halogens is 1. The summed E-state index contributed by atoms with van der Waals surface area (Å²) >= 11 is 5.57. The molecule has 0 saturated heterocycles. The van der Waals surface area contributed by atoms with Crippen LogP contribution in [0, 0.1) is 17.3 Å². The molecule has 1 rings (SSSR count). The Morgan fingerprint density at radius 2 is 2.20 bits per heavy atom. The van der Waals surface area contributed by atoms with Gasteiger partial charge in [-0.25, -0.2) is 0 Å². The first-order chi connectivity index (χ1) is 6.98. The minimum absolute atomic E-state index is 0.305. The molecule has 0 amide bonds. The van der Waals surface area contributed by atoms with Crippen molar-refractivity contribution in [3.63, 3.8) is 0 Å². The summed E-state index contributed by atoms with van der Waals surface area (Å²) in [6, 6.07) is 0. The van der Waals surface area contributed by atoms with E-state index in [-0.39, 0.29) is 0 Å². The number of allylic oxidation sites excluding steroid dienone is 1. The van der Waals surface area contributed by atoms with Crippen LogP contribution in [-0.4, -0.2) is 11.7 Å². The molecule has 1 saturated carbocycles. The van der Waals surface area contributed by atoms with Gasteiger partial charge >= 0.3 is 0 Å². The van der Waals surface area contributed by atoms with Gasteiger partial charge in [0, 0.05) is 18.7 Å². The molecule has 86 valence electrons. The van der Waals surface area contributed by atoms with Crippen LogP contribution in [0.1, 0.15) is 39.5 Å². The van der Waals surface area contributed by atoms with Gasteiger partial charge in [-0.05, 0) is 30.1 Å². The molecule has 0 aromatic rings. The first-order valence-electron chi connectivity index (χ1n) is 5.69.